The number of benzene rings is 1. The first-order valence-electron chi connectivity index (χ1n) is 7.93. The molecule has 1 aromatic carbocycles. The molecule has 0 unspecified atom stereocenters. The molecule has 3 rings (SSSR count). The number of carbonyl (C=O) groups excluding carboxylic acids is 1. The lowest BCUT2D eigenvalue weighted by molar-refractivity contribution is -0.131. The van der Waals surface area contributed by atoms with Gasteiger partial charge >= 0.3 is 0 Å². The van der Waals surface area contributed by atoms with Gasteiger partial charge in [0.15, 0.2) is 0 Å². The Morgan fingerprint density at radius 1 is 1.27 bits per heavy atom. The van der Waals surface area contributed by atoms with Crippen LogP contribution in [0.4, 0.5) is 0 Å². The molecule has 0 aliphatic carbocycles. The summed E-state index contributed by atoms with van der Waals surface area (Å²) < 4.78 is 5.72. The van der Waals surface area contributed by atoms with Crippen molar-refractivity contribution in [1.82, 2.24) is 9.88 Å². The van der Waals surface area contributed by atoms with Gasteiger partial charge in [-0.2, -0.15) is 0 Å². The number of oxazole rings is 1. The topological polar surface area (TPSA) is 46.3 Å². The summed E-state index contributed by atoms with van der Waals surface area (Å²) in [6.07, 6.45) is 2.52. The number of aryl methyl sites for hydroxylation is 1. The van der Waals surface area contributed by atoms with Crippen molar-refractivity contribution in [2.24, 2.45) is 5.92 Å². The molecule has 1 saturated heterocycles. The van der Waals surface area contributed by atoms with E-state index >= 15 is 0 Å². The zero-order valence-corrected chi connectivity index (χ0v) is 13.2. The number of carbonyl (C=O) groups is 1. The van der Waals surface area contributed by atoms with E-state index < -0.39 is 0 Å². The summed E-state index contributed by atoms with van der Waals surface area (Å²) >= 11 is 0. The van der Waals surface area contributed by atoms with Crippen molar-refractivity contribution in [2.45, 2.75) is 33.1 Å². The van der Waals surface area contributed by atoms with E-state index in [0.717, 1.165) is 48.9 Å². The van der Waals surface area contributed by atoms with Gasteiger partial charge in [-0.15, -0.1) is 0 Å². The van der Waals surface area contributed by atoms with Gasteiger partial charge in [-0.1, -0.05) is 25.1 Å². The summed E-state index contributed by atoms with van der Waals surface area (Å²) in [5.41, 5.74) is 1.69. The maximum Gasteiger partial charge on any atom is 0.228 e. The zero-order valence-electron chi connectivity index (χ0n) is 13.2. The van der Waals surface area contributed by atoms with Crippen LogP contribution in [-0.2, 0) is 11.2 Å². The molecule has 1 aromatic heterocycles. The van der Waals surface area contributed by atoms with Crippen LogP contribution in [0, 0.1) is 12.8 Å². The minimum absolute atomic E-state index is 0.155. The normalized spacial score (nSPS) is 16.0. The molecular formula is C18H22N2O2. The molecule has 22 heavy (non-hydrogen) atoms. The number of aromatic nitrogens is 1. The van der Waals surface area contributed by atoms with Crippen LogP contribution in [-0.4, -0.2) is 28.9 Å². The average molecular weight is 298 g/mol. The van der Waals surface area contributed by atoms with Crippen LogP contribution in [0.5, 0.6) is 0 Å². The third-order valence-electron chi connectivity index (χ3n) is 4.37. The van der Waals surface area contributed by atoms with Gasteiger partial charge in [-0.3, -0.25) is 4.79 Å². The minimum Gasteiger partial charge on any atom is -0.441 e. The first-order valence-corrected chi connectivity index (χ1v) is 7.93. The fourth-order valence-corrected chi connectivity index (χ4v) is 2.81. The molecule has 1 aliphatic heterocycles. The number of piperidine rings is 1. The van der Waals surface area contributed by atoms with E-state index in [4.69, 9.17) is 4.42 Å². The number of hydrogen-bond donors (Lipinski definition) is 0. The van der Waals surface area contributed by atoms with E-state index in [1.165, 1.54) is 0 Å². The summed E-state index contributed by atoms with van der Waals surface area (Å²) in [4.78, 5) is 18.9. The smallest absolute Gasteiger partial charge is 0.228 e. The number of rotatable bonds is 3. The van der Waals surface area contributed by atoms with Crippen molar-refractivity contribution in [3.8, 4) is 11.5 Å². The molecule has 4 nitrogen and oxygen atoms in total. The Morgan fingerprint density at radius 3 is 2.64 bits per heavy atom. The fraction of sp³-hybridized carbons (Fsp3) is 0.444. The Morgan fingerprint density at radius 2 is 1.95 bits per heavy atom. The van der Waals surface area contributed by atoms with Crippen LogP contribution in [0.3, 0.4) is 0 Å². The number of nitrogens with zero attached hydrogens (tertiary/aromatic N) is 2. The number of amides is 1. The second-order valence-corrected chi connectivity index (χ2v) is 6.13. The molecule has 0 bridgehead atoms. The SMILES string of the molecule is Cc1oc(-c2ccccc2)nc1CC(=O)N1CCC(C)CC1. The summed E-state index contributed by atoms with van der Waals surface area (Å²) in [6.45, 7) is 5.85. The van der Waals surface area contributed by atoms with Crippen molar-refractivity contribution in [3.05, 3.63) is 41.8 Å². The lowest BCUT2D eigenvalue weighted by Gasteiger charge is -2.30. The van der Waals surface area contributed by atoms with Crippen molar-refractivity contribution in [3.63, 3.8) is 0 Å². The Bertz CT molecular complexity index is 640. The molecule has 2 aromatic rings. The number of likely N-dealkylation sites (tertiary alicyclic amines) is 1. The zero-order chi connectivity index (χ0) is 15.5. The van der Waals surface area contributed by atoms with Gasteiger partial charge in [0.05, 0.1) is 12.1 Å². The van der Waals surface area contributed by atoms with Crippen molar-refractivity contribution in [2.75, 3.05) is 13.1 Å². The second kappa shape index (κ2) is 6.34. The molecule has 4 heteroatoms. The van der Waals surface area contributed by atoms with Crippen molar-refractivity contribution < 1.29 is 9.21 Å². The van der Waals surface area contributed by atoms with E-state index in [-0.39, 0.29) is 5.91 Å². The highest BCUT2D eigenvalue weighted by molar-refractivity contribution is 5.78. The third-order valence-corrected chi connectivity index (χ3v) is 4.37. The molecule has 1 fully saturated rings. The van der Waals surface area contributed by atoms with Crippen LogP contribution in [0.25, 0.3) is 11.5 Å². The Labute approximate surface area is 131 Å². The van der Waals surface area contributed by atoms with E-state index in [0.29, 0.717) is 12.3 Å². The lowest BCUT2D eigenvalue weighted by Crippen LogP contribution is -2.38. The summed E-state index contributed by atoms with van der Waals surface area (Å²) in [7, 11) is 0. The van der Waals surface area contributed by atoms with Crippen molar-refractivity contribution in [1.29, 1.82) is 0 Å². The highest BCUT2D eigenvalue weighted by atomic mass is 16.4. The van der Waals surface area contributed by atoms with Gasteiger partial charge < -0.3 is 9.32 Å². The van der Waals surface area contributed by atoms with Crippen LogP contribution in [0.15, 0.2) is 34.7 Å². The van der Waals surface area contributed by atoms with Gasteiger partial charge in [0.1, 0.15) is 5.76 Å². The molecule has 0 N–H and O–H groups in total. The summed E-state index contributed by atoms with van der Waals surface area (Å²) in [5.74, 6) is 2.20. The average Bonchev–Trinajstić information content (AvgIpc) is 2.90. The van der Waals surface area contributed by atoms with Gasteiger partial charge in [0.25, 0.3) is 0 Å². The quantitative estimate of drug-likeness (QED) is 0.872. The summed E-state index contributed by atoms with van der Waals surface area (Å²) in [5, 5.41) is 0. The highest BCUT2D eigenvalue weighted by Crippen LogP contribution is 2.23. The summed E-state index contributed by atoms with van der Waals surface area (Å²) in [6, 6.07) is 9.79. The molecule has 1 aliphatic rings. The predicted molar refractivity (Wildman–Crippen MR) is 85.4 cm³/mol. The largest absolute Gasteiger partial charge is 0.441 e. The van der Waals surface area contributed by atoms with Crippen LogP contribution >= 0.6 is 0 Å². The molecule has 0 radical (unpaired) electrons. The second-order valence-electron chi connectivity index (χ2n) is 6.13. The number of hydrogen-bond acceptors (Lipinski definition) is 3. The van der Waals surface area contributed by atoms with E-state index in [1.807, 2.05) is 42.2 Å². The van der Waals surface area contributed by atoms with E-state index in [9.17, 15) is 4.79 Å². The van der Waals surface area contributed by atoms with Gasteiger partial charge in [-0.05, 0) is 37.8 Å². The Kier molecular flexibility index (Phi) is 4.27. The van der Waals surface area contributed by atoms with Crippen molar-refractivity contribution >= 4 is 5.91 Å². The first kappa shape index (κ1) is 14.8. The first-order chi connectivity index (χ1) is 10.6. The molecule has 2 heterocycles. The maximum atomic E-state index is 12.4. The Balaban J connectivity index is 1.70. The molecule has 0 saturated carbocycles. The fourth-order valence-electron chi connectivity index (χ4n) is 2.81. The minimum atomic E-state index is 0.155. The Hall–Kier alpha value is -2.10. The van der Waals surface area contributed by atoms with Crippen LogP contribution < -0.4 is 0 Å². The molecule has 1 amide bonds. The third kappa shape index (κ3) is 3.21. The maximum absolute atomic E-state index is 12.4. The monoisotopic (exact) mass is 298 g/mol. The molecule has 0 spiro atoms. The van der Waals surface area contributed by atoms with Gasteiger partial charge in [0.2, 0.25) is 11.8 Å². The van der Waals surface area contributed by atoms with E-state index in [1.54, 1.807) is 0 Å². The standard InChI is InChI=1S/C18H22N2O2/c1-13-8-10-20(11-9-13)17(21)12-16-14(2)22-18(19-16)15-6-4-3-5-7-15/h3-7,13H,8-12H2,1-2H3. The van der Waals surface area contributed by atoms with Crippen LogP contribution in [0.1, 0.15) is 31.2 Å². The molecule has 116 valence electrons. The molecule has 0 atom stereocenters. The molecular weight excluding hydrogens is 276 g/mol. The van der Waals surface area contributed by atoms with Gasteiger partial charge in [-0.25, -0.2) is 4.98 Å². The van der Waals surface area contributed by atoms with Crippen LogP contribution in [0.2, 0.25) is 0 Å². The van der Waals surface area contributed by atoms with E-state index in [2.05, 4.69) is 11.9 Å². The van der Waals surface area contributed by atoms with Gasteiger partial charge in [0, 0.05) is 18.7 Å². The highest BCUT2D eigenvalue weighted by Gasteiger charge is 2.22. The predicted octanol–water partition coefficient (Wildman–Crippen LogP) is 3.45. The lowest BCUT2D eigenvalue weighted by atomic mass is 9.99.